The van der Waals surface area contributed by atoms with E-state index in [0.29, 0.717) is 10.7 Å². The highest BCUT2D eigenvalue weighted by Gasteiger charge is 2.03. The van der Waals surface area contributed by atoms with Gasteiger partial charge in [0.25, 0.3) is 0 Å². The number of hydrogen-bond donors (Lipinski definition) is 2. The van der Waals surface area contributed by atoms with Gasteiger partial charge in [-0.3, -0.25) is 4.79 Å². The minimum absolute atomic E-state index is 0.119. The van der Waals surface area contributed by atoms with E-state index in [4.69, 9.17) is 11.6 Å². The van der Waals surface area contributed by atoms with Gasteiger partial charge in [-0.15, -0.1) is 0 Å². The highest BCUT2D eigenvalue weighted by atomic mass is 35.5. The number of carbonyl (C=O) groups excluding carboxylic acids is 1. The number of anilines is 1. The molecule has 3 nitrogen and oxygen atoms in total. The summed E-state index contributed by atoms with van der Waals surface area (Å²) < 4.78 is 0. The van der Waals surface area contributed by atoms with Crippen LogP contribution in [0.5, 0.6) is 0 Å². The molecule has 1 amide bonds. The Labute approximate surface area is 130 Å². The van der Waals surface area contributed by atoms with Crippen LogP contribution in [-0.4, -0.2) is 12.5 Å². The zero-order valence-corrected chi connectivity index (χ0v) is 12.8. The summed E-state index contributed by atoms with van der Waals surface area (Å²) in [4.78, 5) is 11.1. The second-order valence-electron chi connectivity index (χ2n) is 4.91. The van der Waals surface area contributed by atoms with E-state index in [-0.39, 0.29) is 5.91 Å². The lowest BCUT2D eigenvalue weighted by molar-refractivity contribution is -0.114. The normalized spacial score (nSPS) is 10.4. The maximum atomic E-state index is 11.1. The van der Waals surface area contributed by atoms with Crippen molar-refractivity contribution in [1.82, 2.24) is 5.32 Å². The van der Waals surface area contributed by atoms with Gasteiger partial charge in [0, 0.05) is 13.5 Å². The molecule has 2 rings (SSSR count). The molecule has 0 radical (unpaired) electrons. The zero-order chi connectivity index (χ0) is 15.1. The van der Waals surface area contributed by atoms with Crippen molar-refractivity contribution < 1.29 is 4.79 Å². The Kier molecular flexibility index (Phi) is 5.78. The van der Waals surface area contributed by atoms with Gasteiger partial charge in [0.1, 0.15) is 0 Å². The Balaban J connectivity index is 1.84. The van der Waals surface area contributed by atoms with E-state index in [9.17, 15) is 4.79 Å². The fraction of sp³-hybridized carbons (Fsp3) is 0.235. The van der Waals surface area contributed by atoms with Crippen molar-refractivity contribution in [2.75, 3.05) is 11.9 Å². The van der Waals surface area contributed by atoms with Gasteiger partial charge >= 0.3 is 0 Å². The third kappa shape index (κ3) is 5.21. The molecule has 2 N–H and O–H groups in total. The van der Waals surface area contributed by atoms with E-state index in [1.807, 2.05) is 30.3 Å². The van der Waals surface area contributed by atoms with E-state index < -0.39 is 0 Å². The Hall–Kier alpha value is -1.84. The zero-order valence-electron chi connectivity index (χ0n) is 12.0. The number of amides is 1. The first-order chi connectivity index (χ1) is 10.1. The number of halogens is 1. The first kappa shape index (κ1) is 15.5. The third-order valence-electron chi connectivity index (χ3n) is 3.10. The van der Waals surface area contributed by atoms with E-state index in [1.165, 1.54) is 12.5 Å². The summed E-state index contributed by atoms with van der Waals surface area (Å²) in [5, 5.41) is 6.68. The van der Waals surface area contributed by atoms with Crippen LogP contribution in [-0.2, 0) is 17.8 Å². The van der Waals surface area contributed by atoms with Crippen LogP contribution in [0.25, 0.3) is 0 Å². The summed E-state index contributed by atoms with van der Waals surface area (Å²) in [6, 6.07) is 16.0. The maximum Gasteiger partial charge on any atom is 0.221 e. The fourth-order valence-electron chi connectivity index (χ4n) is 2.08. The molecule has 110 valence electrons. The van der Waals surface area contributed by atoms with Gasteiger partial charge in [-0.1, -0.05) is 48.0 Å². The Morgan fingerprint density at radius 2 is 1.86 bits per heavy atom. The SMILES string of the molecule is CC(=O)Nc1cc(CNCCc2ccccc2)ccc1Cl. The van der Waals surface area contributed by atoms with E-state index in [0.717, 1.165) is 25.1 Å². The summed E-state index contributed by atoms with van der Waals surface area (Å²) in [7, 11) is 0. The molecule has 21 heavy (non-hydrogen) atoms. The summed E-state index contributed by atoms with van der Waals surface area (Å²) in [6.07, 6.45) is 0.993. The average molecular weight is 303 g/mol. The van der Waals surface area contributed by atoms with Gasteiger partial charge in [0.2, 0.25) is 5.91 Å². The van der Waals surface area contributed by atoms with Gasteiger partial charge in [-0.25, -0.2) is 0 Å². The maximum absolute atomic E-state index is 11.1. The smallest absolute Gasteiger partial charge is 0.221 e. The van der Waals surface area contributed by atoms with Gasteiger partial charge in [0.05, 0.1) is 10.7 Å². The molecule has 2 aromatic carbocycles. The topological polar surface area (TPSA) is 41.1 Å². The van der Waals surface area contributed by atoms with Crippen LogP contribution in [0, 0.1) is 0 Å². The van der Waals surface area contributed by atoms with Crippen LogP contribution < -0.4 is 10.6 Å². The molecular weight excluding hydrogens is 284 g/mol. The molecule has 2 aromatic rings. The van der Waals surface area contributed by atoms with Crippen LogP contribution in [0.1, 0.15) is 18.1 Å². The van der Waals surface area contributed by atoms with Crippen LogP contribution in [0.15, 0.2) is 48.5 Å². The third-order valence-corrected chi connectivity index (χ3v) is 3.43. The largest absolute Gasteiger partial charge is 0.325 e. The lowest BCUT2D eigenvalue weighted by Crippen LogP contribution is -2.17. The van der Waals surface area contributed by atoms with Crippen molar-refractivity contribution in [1.29, 1.82) is 0 Å². The number of rotatable bonds is 6. The molecule has 0 aliphatic carbocycles. The van der Waals surface area contributed by atoms with E-state index in [1.54, 1.807) is 6.07 Å². The standard InChI is InChI=1S/C17H19ClN2O/c1-13(21)20-17-11-15(7-8-16(17)18)12-19-10-9-14-5-3-2-4-6-14/h2-8,11,19H,9-10,12H2,1H3,(H,20,21). The number of carbonyl (C=O) groups is 1. The molecule has 4 heteroatoms. The van der Waals surface area contributed by atoms with Crippen LogP contribution in [0.4, 0.5) is 5.69 Å². The van der Waals surface area contributed by atoms with Gasteiger partial charge in [-0.05, 0) is 36.2 Å². The fourth-order valence-corrected chi connectivity index (χ4v) is 2.24. The highest BCUT2D eigenvalue weighted by Crippen LogP contribution is 2.22. The molecule has 0 bridgehead atoms. The van der Waals surface area contributed by atoms with Gasteiger partial charge in [-0.2, -0.15) is 0 Å². The lowest BCUT2D eigenvalue weighted by atomic mass is 10.1. The Morgan fingerprint density at radius 1 is 1.10 bits per heavy atom. The average Bonchev–Trinajstić information content (AvgIpc) is 2.47. The Morgan fingerprint density at radius 3 is 2.57 bits per heavy atom. The van der Waals surface area contributed by atoms with Gasteiger partial charge in [0.15, 0.2) is 0 Å². The van der Waals surface area contributed by atoms with Crippen molar-refractivity contribution in [3.05, 3.63) is 64.7 Å². The van der Waals surface area contributed by atoms with Gasteiger partial charge < -0.3 is 10.6 Å². The molecule has 0 heterocycles. The minimum Gasteiger partial charge on any atom is -0.325 e. The summed E-state index contributed by atoms with van der Waals surface area (Å²) in [6.45, 7) is 3.12. The van der Waals surface area contributed by atoms with Crippen molar-refractivity contribution in [3.8, 4) is 0 Å². The number of benzene rings is 2. The number of nitrogens with one attached hydrogen (secondary N) is 2. The predicted octanol–water partition coefficient (Wildman–Crippen LogP) is 3.63. The molecule has 0 spiro atoms. The van der Waals surface area contributed by atoms with Crippen molar-refractivity contribution in [3.63, 3.8) is 0 Å². The molecule has 0 unspecified atom stereocenters. The van der Waals surface area contributed by atoms with E-state index in [2.05, 4.69) is 22.8 Å². The van der Waals surface area contributed by atoms with Crippen LogP contribution in [0.3, 0.4) is 0 Å². The lowest BCUT2D eigenvalue weighted by Gasteiger charge is -2.09. The molecular formula is C17H19ClN2O. The molecule has 0 saturated heterocycles. The van der Waals surface area contributed by atoms with Crippen molar-refractivity contribution in [2.24, 2.45) is 0 Å². The molecule has 0 fully saturated rings. The van der Waals surface area contributed by atoms with E-state index >= 15 is 0 Å². The van der Waals surface area contributed by atoms with Crippen molar-refractivity contribution in [2.45, 2.75) is 19.9 Å². The molecule has 0 aliphatic rings. The summed E-state index contributed by atoms with van der Waals surface area (Å²) >= 11 is 6.05. The number of hydrogen-bond acceptors (Lipinski definition) is 2. The van der Waals surface area contributed by atoms with Crippen molar-refractivity contribution >= 4 is 23.2 Å². The molecule has 0 atom stereocenters. The molecule has 0 aromatic heterocycles. The second-order valence-corrected chi connectivity index (χ2v) is 5.31. The predicted molar refractivity (Wildman–Crippen MR) is 87.6 cm³/mol. The summed E-state index contributed by atoms with van der Waals surface area (Å²) in [5.74, 6) is -0.119. The molecule has 0 aliphatic heterocycles. The second kappa shape index (κ2) is 7.81. The summed E-state index contributed by atoms with van der Waals surface area (Å²) in [5.41, 5.74) is 3.07. The van der Waals surface area contributed by atoms with Crippen LogP contribution in [0.2, 0.25) is 5.02 Å². The first-order valence-corrected chi connectivity index (χ1v) is 7.33. The van der Waals surface area contributed by atoms with Crippen LogP contribution >= 0.6 is 11.6 Å². The molecule has 0 saturated carbocycles. The first-order valence-electron chi connectivity index (χ1n) is 6.96. The quantitative estimate of drug-likeness (QED) is 0.800. The monoisotopic (exact) mass is 302 g/mol. The highest BCUT2D eigenvalue weighted by molar-refractivity contribution is 6.33. The minimum atomic E-state index is -0.119. The Bertz CT molecular complexity index is 599.